The van der Waals surface area contributed by atoms with E-state index in [0.717, 1.165) is 24.3 Å². The number of amides is 1. The Balaban J connectivity index is 1.51. The number of carbonyl (C=O) groups is 1. The second-order valence-corrected chi connectivity index (χ2v) is 6.43. The number of nitrogens with zero attached hydrogens (tertiary/aromatic N) is 4. The fourth-order valence-corrected chi connectivity index (χ4v) is 3.00. The molecule has 0 aliphatic carbocycles. The molecule has 1 saturated heterocycles. The summed E-state index contributed by atoms with van der Waals surface area (Å²) in [5, 5.41) is 4.69. The average molecular weight is 351 g/mol. The Labute approximate surface area is 145 Å². The predicted octanol–water partition coefficient (Wildman–Crippen LogP) is 2.33. The van der Waals surface area contributed by atoms with Crippen LogP contribution in [0.1, 0.15) is 11.3 Å². The Morgan fingerprint density at radius 1 is 1.29 bits per heavy atom. The van der Waals surface area contributed by atoms with E-state index in [1.54, 1.807) is 23.0 Å². The van der Waals surface area contributed by atoms with Crippen molar-refractivity contribution in [3.8, 4) is 0 Å². The largest absolute Gasteiger partial charge is 0.339 e. The van der Waals surface area contributed by atoms with E-state index in [-0.39, 0.29) is 18.3 Å². The van der Waals surface area contributed by atoms with Crippen molar-refractivity contribution in [2.24, 2.45) is 0 Å². The normalized spacial score (nSPS) is 15.7. The Bertz CT molecular complexity index is 725. The second-order valence-electron chi connectivity index (χ2n) is 6.02. The van der Waals surface area contributed by atoms with Crippen LogP contribution < -0.4 is 0 Å². The van der Waals surface area contributed by atoms with Crippen LogP contribution in [0.5, 0.6) is 0 Å². The smallest absolute Gasteiger partial charge is 0.244 e. The fourth-order valence-electron chi connectivity index (χ4n) is 2.86. The lowest BCUT2D eigenvalue weighted by molar-refractivity contribution is -0.133. The van der Waals surface area contributed by atoms with E-state index in [4.69, 9.17) is 11.6 Å². The van der Waals surface area contributed by atoms with E-state index in [1.807, 2.05) is 17.9 Å². The summed E-state index contributed by atoms with van der Waals surface area (Å²) < 4.78 is 14.9. The molecule has 0 N–H and O–H groups in total. The maximum Gasteiger partial charge on any atom is 0.244 e. The summed E-state index contributed by atoms with van der Waals surface area (Å²) in [6.07, 6.45) is 1.56. The molecule has 0 atom stereocenters. The lowest BCUT2D eigenvalue weighted by Crippen LogP contribution is -2.49. The Morgan fingerprint density at radius 2 is 2.04 bits per heavy atom. The Kier molecular flexibility index (Phi) is 5.16. The zero-order valence-electron chi connectivity index (χ0n) is 13.6. The number of hydrogen-bond donors (Lipinski definition) is 0. The molecule has 0 unspecified atom stereocenters. The lowest BCUT2D eigenvalue weighted by atomic mass is 10.2. The van der Waals surface area contributed by atoms with Crippen LogP contribution in [0, 0.1) is 12.7 Å². The van der Waals surface area contributed by atoms with Crippen LogP contribution in [0.4, 0.5) is 4.39 Å². The molecular formula is C17H20ClFN4O. The average Bonchev–Trinajstić information content (AvgIpc) is 2.87. The lowest BCUT2D eigenvalue weighted by Gasteiger charge is -2.34. The highest BCUT2D eigenvalue weighted by atomic mass is 35.5. The molecule has 5 nitrogen and oxygen atoms in total. The van der Waals surface area contributed by atoms with Gasteiger partial charge in [-0.3, -0.25) is 14.4 Å². The van der Waals surface area contributed by atoms with E-state index >= 15 is 0 Å². The number of benzene rings is 1. The van der Waals surface area contributed by atoms with Gasteiger partial charge in [-0.15, -0.1) is 0 Å². The van der Waals surface area contributed by atoms with E-state index in [1.165, 1.54) is 6.07 Å². The van der Waals surface area contributed by atoms with E-state index in [9.17, 15) is 9.18 Å². The van der Waals surface area contributed by atoms with Crippen molar-refractivity contribution in [2.75, 3.05) is 26.2 Å². The third kappa shape index (κ3) is 3.94. The van der Waals surface area contributed by atoms with Crippen molar-refractivity contribution >= 4 is 17.5 Å². The monoisotopic (exact) mass is 350 g/mol. The van der Waals surface area contributed by atoms with Crippen LogP contribution in [0.25, 0.3) is 0 Å². The first-order valence-electron chi connectivity index (χ1n) is 7.95. The van der Waals surface area contributed by atoms with Gasteiger partial charge in [0.25, 0.3) is 0 Å². The molecule has 2 aromatic rings. The van der Waals surface area contributed by atoms with Gasteiger partial charge in [-0.1, -0.05) is 23.7 Å². The minimum atomic E-state index is -0.213. The number of carbonyl (C=O) groups excluding carboxylic acids is 1. The molecule has 24 heavy (non-hydrogen) atoms. The van der Waals surface area contributed by atoms with Crippen LogP contribution in [-0.2, 0) is 17.9 Å². The molecule has 2 heterocycles. The first-order chi connectivity index (χ1) is 11.5. The zero-order chi connectivity index (χ0) is 17.1. The van der Waals surface area contributed by atoms with Crippen molar-refractivity contribution < 1.29 is 9.18 Å². The van der Waals surface area contributed by atoms with E-state index in [2.05, 4.69) is 10.00 Å². The Hall–Kier alpha value is -1.92. The summed E-state index contributed by atoms with van der Waals surface area (Å²) in [6, 6.07) is 6.65. The van der Waals surface area contributed by atoms with Crippen molar-refractivity contribution in [3.05, 3.63) is 52.6 Å². The molecule has 0 saturated carbocycles. The maximum absolute atomic E-state index is 13.2. The third-order valence-corrected chi connectivity index (χ3v) is 4.72. The summed E-state index contributed by atoms with van der Waals surface area (Å²) in [5.74, 6) is -0.169. The summed E-state index contributed by atoms with van der Waals surface area (Å²) in [6.45, 7) is 5.66. The van der Waals surface area contributed by atoms with Crippen LogP contribution in [-0.4, -0.2) is 51.7 Å². The third-order valence-electron chi connectivity index (χ3n) is 4.35. The summed E-state index contributed by atoms with van der Waals surface area (Å²) in [7, 11) is 0. The first kappa shape index (κ1) is 16.9. The zero-order valence-corrected chi connectivity index (χ0v) is 14.3. The standard InChI is InChI=1S/C17H20ClFN4O/c1-13-16(18)10-20-23(13)12-17(24)22-7-5-21(6-8-22)11-14-3-2-4-15(19)9-14/h2-4,9-10H,5-8,11-12H2,1H3. The first-order valence-corrected chi connectivity index (χ1v) is 8.33. The van der Waals surface area contributed by atoms with Gasteiger partial charge in [0.2, 0.25) is 5.91 Å². The summed E-state index contributed by atoms with van der Waals surface area (Å²) in [5.41, 5.74) is 1.76. The second kappa shape index (κ2) is 7.32. The van der Waals surface area contributed by atoms with Crippen LogP contribution >= 0.6 is 11.6 Å². The minimum absolute atomic E-state index is 0.0447. The molecule has 1 fully saturated rings. The van der Waals surface area contributed by atoms with Gasteiger partial charge in [-0.2, -0.15) is 5.10 Å². The molecule has 3 rings (SSSR count). The SMILES string of the molecule is Cc1c(Cl)cnn1CC(=O)N1CCN(Cc2cccc(F)c2)CC1. The number of rotatable bonds is 4. The van der Waals surface area contributed by atoms with Crippen molar-refractivity contribution in [1.82, 2.24) is 19.6 Å². The fraction of sp³-hybridized carbons (Fsp3) is 0.412. The van der Waals surface area contributed by atoms with Crippen molar-refractivity contribution in [3.63, 3.8) is 0 Å². The number of halogens is 2. The van der Waals surface area contributed by atoms with Crippen LogP contribution in [0.2, 0.25) is 5.02 Å². The quantitative estimate of drug-likeness (QED) is 0.849. The number of aromatic nitrogens is 2. The molecule has 0 bridgehead atoms. The minimum Gasteiger partial charge on any atom is -0.339 e. The number of piperazine rings is 1. The predicted molar refractivity (Wildman–Crippen MR) is 90.2 cm³/mol. The van der Waals surface area contributed by atoms with Gasteiger partial charge in [0.05, 0.1) is 16.9 Å². The molecule has 1 aromatic carbocycles. The van der Waals surface area contributed by atoms with Gasteiger partial charge in [0, 0.05) is 32.7 Å². The van der Waals surface area contributed by atoms with Gasteiger partial charge in [0.1, 0.15) is 12.4 Å². The maximum atomic E-state index is 13.2. The highest BCUT2D eigenvalue weighted by Crippen LogP contribution is 2.14. The van der Waals surface area contributed by atoms with Gasteiger partial charge >= 0.3 is 0 Å². The van der Waals surface area contributed by atoms with Crippen molar-refractivity contribution in [1.29, 1.82) is 0 Å². The molecule has 1 aliphatic rings. The highest BCUT2D eigenvalue weighted by molar-refractivity contribution is 6.31. The van der Waals surface area contributed by atoms with Gasteiger partial charge < -0.3 is 4.90 Å². The molecule has 0 radical (unpaired) electrons. The molecule has 1 amide bonds. The Morgan fingerprint density at radius 3 is 2.67 bits per heavy atom. The summed E-state index contributed by atoms with van der Waals surface area (Å²) in [4.78, 5) is 16.5. The highest BCUT2D eigenvalue weighted by Gasteiger charge is 2.22. The van der Waals surface area contributed by atoms with E-state index in [0.29, 0.717) is 24.7 Å². The molecule has 128 valence electrons. The molecule has 0 spiro atoms. The van der Waals surface area contributed by atoms with Gasteiger partial charge in [0.15, 0.2) is 0 Å². The number of hydrogen-bond acceptors (Lipinski definition) is 3. The van der Waals surface area contributed by atoms with Crippen LogP contribution in [0.3, 0.4) is 0 Å². The molecule has 1 aromatic heterocycles. The summed E-state index contributed by atoms with van der Waals surface area (Å²) >= 11 is 5.96. The van der Waals surface area contributed by atoms with Gasteiger partial charge in [-0.25, -0.2) is 4.39 Å². The molecule has 7 heteroatoms. The van der Waals surface area contributed by atoms with E-state index < -0.39 is 0 Å². The van der Waals surface area contributed by atoms with Crippen LogP contribution in [0.15, 0.2) is 30.5 Å². The topological polar surface area (TPSA) is 41.4 Å². The molecular weight excluding hydrogens is 331 g/mol. The van der Waals surface area contributed by atoms with Gasteiger partial charge in [-0.05, 0) is 24.6 Å². The van der Waals surface area contributed by atoms with Crippen molar-refractivity contribution in [2.45, 2.75) is 20.0 Å². The molecule has 1 aliphatic heterocycles.